The van der Waals surface area contributed by atoms with Crippen molar-refractivity contribution in [2.24, 2.45) is 16.7 Å². The Hall–Kier alpha value is -7.02. The topological polar surface area (TPSA) is 221 Å². The molecule has 2 N–H and O–H groups in total. The number of likely N-dealkylation sites (tertiary alicyclic amines) is 2. The number of carbonyl (C=O) groups is 4. The number of amides is 4. The number of piperazine rings is 1. The van der Waals surface area contributed by atoms with Crippen LogP contribution in [0.25, 0.3) is 52.9 Å². The molecule has 2 bridgehead atoms. The minimum Gasteiger partial charge on any atom is -0.462 e. The Morgan fingerprint density at radius 1 is 0.862 bits per heavy atom. The number of pyridine rings is 1. The summed E-state index contributed by atoms with van der Waals surface area (Å²) in [7, 11) is -2.33. The number of nitrogens with zero attached hydrogens (tertiary/aromatic N) is 10. The molecule has 588 valence electrons. The fourth-order valence-corrected chi connectivity index (χ4v) is 20.6. The van der Waals surface area contributed by atoms with Gasteiger partial charge in [0.15, 0.2) is 14.5 Å². The van der Waals surface area contributed by atoms with Gasteiger partial charge in [0.2, 0.25) is 17.7 Å². The van der Waals surface area contributed by atoms with Crippen LogP contribution in [0.1, 0.15) is 187 Å². The van der Waals surface area contributed by atoms with E-state index in [4.69, 9.17) is 43.4 Å². The Bertz CT molecular complexity index is 4590. The molecule has 1 spiro atoms. The second-order valence-electron chi connectivity index (χ2n) is 35.8. The van der Waals surface area contributed by atoms with Crippen molar-refractivity contribution >= 4 is 91.8 Å². The highest BCUT2D eigenvalue weighted by Gasteiger charge is 2.72. The molecule has 6 saturated heterocycles. The van der Waals surface area contributed by atoms with Gasteiger partial charge in [-0.05, 0) is 163 Å². The summed E-state index contributed by atoms with van der Waals surface area (Å²) in [6, 6.07) is 8.70. The van der Waals surface area contributed by atoms with Gasteiger partial charge in [0.05, 0.1) is 84.9 Å². The fourth-order valence-electron chi connectivity index (χ4n) is 17.3. The molecule has 109 heavy (non-hydrogen) atoms. The largest absolute Gasteiger partial charge is 0.462 e. The molecule has 7 aromatic rings. The molecule has 5 aromatic heterocycles. The van der Waals surface area contributed by atoms with E-state index < -0.39 is 85.4 Å². The predicted molar refractivity (Wildman–Crippen MR) is 411 cm³/mol. The third-order valence-corrected chi connectivity index (χ3v) is 31.2. The average Bonchev–Trinajstić information content (AvgIpc) is 1.57. The Balaban J connectivity index is 0.624. The zero-order valence-corrected chi connectivity index (χ0v) is 67.3. The van der Waals surface area contributed by atoms with Crippen molar-refractivity contribution in [1.29, 1.82) is 0 Å². The van der Waals surface area contributed by atoms with Crippen LogP contribution in [0.2, 0.25) is 18.1 Å². The third kappa shape index (κ3) is 15.6. The first-order valence-corrected chi connectivity index (χ1v) is 43.6. The van der Waals surface area contributed by atoms with Crippen molar-refractivity contribution in [3.05, 3.63) is 76.7 Å². The molecule has 4 amide bonds. The Kier molecular flexibility index (Phi) is 20.5. The molecule has 6 aliphatic heterocycles. The number of alkyl halides is 5. The van der Waals surface area contributed by atoms with E-state index in [1.54, 1.807) is 33.3 Å². The Morgan fingerprint density at radius 2 is 1.59 bits per heavy atom. The summed E-state index contributed by atoms with van der Waals surface area (Å²) in [5.41, 5.74) is 1.69. The highest BCUT2D eigenvalue weighted by molar-refractivity contribution is 7.26. The number of benzene rings is 2. The number of aryl methyl sites for hydroxylation is 1. The number of carbonyl (C=O) groups excluding carboxylic acids is 4. The van der Waals surface area contributed by atoms with Gasteiger partial charge in [0.25, 0.3) is 5.92 Å². The van der Waals surface area contributed by atoms with E-state index in [2.05, 4.69) is 59.3 Å². The summed E-state index contributed by atoms with van der Waals surface area (Å²) in [4.78, 5) is 86.1. The maximum Gasteiger partial charge on any atom is 0.416 e. The van der Waals surface area contributed by atoms with Crippen LogP contribution in [0.5, 0.6) is 6.01 Å². The molecule has 2 saturated carbocycles. The van der Waals surface area contributed by atoms with Gasteiger partial charge in [0, 0.05) is 94.2 Å². The number of nitrogens with one attached hydrogen (secondary N) is 2. The first-order chi connectivity index (χ1) is 51.4. The minimum absolute atomic E-state index is 0.0457. The van der Waals surface area contributed by atoms with Gasteiger partial charge in [-0.15, -0.1) is 22.7 Å². The van der Waals surface area contributed by atoms with Crippen molar-refractivity contribution in [2.75, 3.05) is 64.0 Å². The molecule has 2 aliphatic carbocycles. The zero-order valence-electron chi connectivity index (χ0n) is 64.6. The van der Waals surface area contributed by atoms with Crippen LogP contribution in [0, 0.1) is 23.7 Å². The van der Waals surface area contributed by atoms with E-state index in [-0.39, 0.29) is 90.4 Å². The van der Waals surface area contributed by atoms with E-state index in [0.29, 0.717) is 152 Å². The van der Waals surface area contributed by atoms with E-state index in [9.17, 15) is 14.4 Å². The highest BCUT2D eigenvalue weighted by Crippen LogP contribution is 2.62. The van der Waals surface area contributed by atoms with Crippen LogP contribution in [0.3, 0.4) is 0 Å². The molecule has 11 heterocycles. The fraction of sp³-hybridized carbons (Fsp3) is 0.637. The van der Waals surface area contributed by atoms with Gasteiger partial charge in [0.1, 0.15) is 34.9 Å². The number of hydrogen-bond donors (Lipinski definition) is 2. The summed E-state index contributed by atoms with van der Waals surface area (Å²) in [5, 5.41) is 12.7. The number of halogens is 5. The molecule has 8 aliphatic rings. The first-order valence-electron chi connectivity index (χ1n) is 39.0. The number of aromatic nitrogens is 6. The highest BCUT2D eigenvalue weighted by atomic mass is 32.1. The van der Waals surface area contributed by atoms with E-state index in [1.165, 1.54) is 17.4 Å². The van der Waals surface area contributed by atoms with Crippen LogP contribution in [0.15, 0.2) is 54.3 Å². The number of piperidine rings is 1. The lowest BCUT2D eigenvalue weighted by atomic mass is 9.80. The van der Waals surface area contributed by atoms with Crippen LogP contribution in [-0.4, -0.2) is 183 Å². The number of anilines is 1. The third-order valence-electron chi connectivity index (χ3n) is 24.5. The lowest BCUT2D eigenvalue weighted by Crippen LogP contribution is -2.58. The van der Waals surface area contributed by atoms with Crippen LogP contribution >= 0.6 is 22.7 Å². The number of rotatable bonds is 19. The summed E-state index contributed by atoms with van der Waals surface area (Å²) in [6.45, 7) is 26.7. The monoisotopic (exact) mass is 1560 g/mol. The van der Waals surface area contributed by atoms with E-state index >= 15 is 26.7 Å². The van der Waals surface area contributed by atoms with Gasteiger partial charge >= 0.3 is 18.3 Å². The number of hydrogen-bond acceptors (Lipinski definition) is 18. The number of ether oxygens (including phenoxy) is 4. The first kappa shape index (κ1) is 77.3. The van der Waals surface area contributed by atoms with Gasteiger partial charge in [-0.2, -0.15) is 28.2 Å². The molecule has 0 radical (unpaired) electrons. The van der Waals surface area contributed by atoms with Gasteiger partial charge in [-0.25, -0.2) is 23.2 Å². The average molecular weight is 1560 g/mol. The second kappa shape index (κ2) is 28.9. The predicted octanol–water partition coefficient (Wildman–Crippen LogP) is 15.8. The van der Waals surface area contributed by atoms with Crippen LogP contribution in [0.4, 0.5) is 32.6 Å². The van der Waals surface area contributed by atoms with E-state index in [0.717, 1.165) is 34.5 Å². The molecule has 8 atom stereocenters. The molecule has 3 unspecified atom stereocenters. The second-order valence-corrected chi connectivity index (χ2v) is 42.4. The van der Waals surface area contributed by atoms with E-state index in [1.807, 2.05) is 89.2 Å². The summed E-state index contributed by atoms with van der Waals surface area (Å²) in [6.07, 6.45) is 4.69. The molecule has 2 aromatic carbocycles. The molecule has 21 nitrogen and oxygen atoms in total. The standard InChI is InChI=1S/C80H103F5N12O9S2Si/c1-46-65(107-45-88-46)50-18-16-47(17-19-50)36-87-69(99)58-34-53(106-109(11,12)76(8,9)10)40-95(58)71(100)67(74(2,3)4)90-59(98)33-48-24-26-78(104-41-48)27-30-93(31-28-78)43-77(42-79(77,81)82)44-103-72-91-68(94-38-51-22-23-52(39-94)96(51)73(101)105-75(5,6)7)63-54-25-29-86-64(66(54)108-70(63)92-72)62-55-37-89-97(60-15-13-14-32-102-60)57(55)35-56(80(83,84)85)61(62)49-20-21-49/h16-19,25,29,35,37,45,48-49,51-53,58,60,67H,13-15,20-24,26-28,30-34,36,38-44H2,1-12H3,(H,87,99)(H,90,98)/t48-,51?,52?,53+,58-,60?,67+,77+/m0/s1. The van der Waals surface area contributed by atoms with Crippen LogP contribution in [-0.2, 0) is 45.7 Å². The maximum absolute atomic E-state index is 16.3. The van der Waals surface area contributed by atoms with Crippen LogP contribution < -0.4 is 20.3 Å². The number of thiophene rings is 1. The lowest BCUT2D eigenvalue weighted by Gasteiger charge is -2.46. The Labute approximate surface area is 642 Å². The lowest BCUT2D eigenvalue weighted by molar-refractivity contribution is -0.146. The SMILES string of the molecule is Cc1ncsc1-c1ccc(CNC(=O)[C@@H]2C[C@@H](O[Si](C)(C)C(C)(C)C)CN2C(=O)[C@@H](NC(=O)C[C@@H]2CCC3(CCN(C[C@@]4(COc5nc(N6CC7CCC(C6)N7C(=O)OC(C)(C)C)c6c(n5)sc5c(-c7c(C8CC8)c(C(F)(F)F)cc8c7cnn8C7CCCCO7)nccc56)CC4(F)F)CC3)OC2)C(C)(C)C)cc1. The minimum atomic E-state index is -4.70. The molecule has 29 heteroatoms. The van der Waals surface area contributed by atoms with Gasteiger partial charge in [-0.1, -0.05) is 65.8 Å². The van der Waals surface area contributed by atoms with Crippen molar-refractivity contribution in [1.82, 2.24) is 55.0 Å². The molecular weight excluding hydrogens is 1460 g/mol. The molecule has 8 fully saturated rings. The Morgan fingerprint density at radius 3 is 2.20 bits per heavy atom. The zero-order chi connectivity index (χ0) is 77.3. The molecular formula is C80H103F5N12O9S2Si. The molecule has 15 rings (SSSR count). The normalized spacial score (nSPS) is 25.0. The van der Waals surface area contributed by atoms with Crippen molar-refractivity contribution in [2.45, 2.75) is 250 Å². The number of fused-ring (bicyclic) bond motifs is 6. The summed E-state index contributed by atoms with van der Waals surface area (Å²) in [5.74, 6) is -4.01. The van der Waals surface area contributed by atoms with Crippen molar-refractivity contribution < 1.29 is 64.5 Å². The van der Waals surface area contributed by atoms with Crippen molar-refractivity contribution in [3.8, 4) is 27.7 Å². The van der Waals surface area contributed by atoms with Gasteiger partial charge in [-0.3, -0.25) is 24.3 Å². The van der Waals surface area contributed by atoms with Crippen molar-refractivity contribution in [3.63, 3.8) is 0 Å². The number of thiazole rings is 1. The van der Waals surface area contributed by atoms with Gasteiger partial charge < -0.3 is 48.7 Å². The maximum atomic E-state index is 16.3. The quantitative estimate of drug-likeness (QED) is 0.0568. The smallest absolute Gasteiger partial charge is 0.416 e. The summed E-state index contributed by atoms with van der Waals surface area (Å²) < 4.78 is 114. The summed E-state index contributed by atoms with van der Waals surface area (Å²) >= 11 is 2.83.